The molecule has 1 aliphatic rings. The molecule has 1 atom stereocenters. The molecular weight excluding hydrogens is 354 g/mol. The number of carbonyl (C=O) groups excluding carboxylic acids is 1. The van der Waals surface area contributed by atoms with Gasteiger partial charge in [-0.05, 0) is 12.1 Å². The molecule has 1 aromatic rings. The number of halogens is 2. The Bertz CT molecular complexity index is 611. The van der Waals surface area contributed by atoms with Crippen molar-refractivity contribution >= 4 is 17.3 Å². The summed E-state index contributed by atoms with van der Waals surface area (Å²) in [5.41, 5.74) is -0.0740. The monoisotopic (exact) mass is 384 g/mol. The van der Waals surface area contributed by atoms with Crippen LogP contribution in [0, 0.1) is 17.0 Å². The third-order valence-corrected chi connectivity index (χ3v) is 3.82. The second-order valence-corrected chi connectivity index (χ2v) is 6.51. The summed E-state index contributed by atoms with van der Waals surface area (Å²) >= 11 is 0. The van der Waals surface area contributed by atoms with Gasteiger partial charge in [0.2, 0.25) is 5.91 Å². The molecule has 0 radical (unpaired) electrons. The van der Waals surface area contributed by atoms with E-state index in [-0.39, 0.29) is 35.8 Å². The summed E-state index contributed by atoms with van der Waals surface area (Å²) in [4.78, 5) is 12.4. The molecule has 1 aliphatic heterocycles. The average Bonchev–Trinajstić information content (AvgIpc) is 2.61. The van der Waals surface area contributed by atoms with E-state index in [4.69, 9.17) is 5.41 Å². The quantitative estimate of drug-likeness (QED) is 0.565. The van der Waals surface area contributed by atoms with Gasteiger partial charge in [0.1, 0.15) is 17.3 Å². The first kappa shape index (κ1) is 23.0. The lowest BCUT2D eigenvalue weighted by molar-refractivity contribution is -0.119. The smallest absolute Gasteiger partial charge is 0.216 e. The minimum Gasteiger partial charge on any atom is -0.391 e. The summed E-state index contributed by atoms with van der Waals surface area (Å²) in [6.07, 6.45) is 0.159. The van der Waals surface area contributed by atoms with Crippen molar-refractivity contribution in [3.8, 4) is 0 Å². The van der Waals surface area contributed by atoms with Crippen LogP contribution >= 0.6 is 0 Å². The zero-order valence-corrected chi connectivity index (χ0v) is 16.2. The van der Waals surface area contributed by atoms with E-state index in [2.05, 4.69) is 24.5 Å². The van der Waals surface area contributed by atoms with Crippen LogP contribution in [0.5, 0.6) is 0 Å². The highest BCUT2D eigenvalue weighted by atomic mass is 19.1. The fraction of sp³-hybridized carbons (Fsp3) is 0.579. The van der Waals surface area contributed by atoms with Gasteiger partial charge in [0, 0.05) is 57.3 Å². The van der Waals surface area contributed by atoms with Crippen molar-refractivity contribution in [2.24, 2.45) is 0 Å². The minimum absolute atomic E-state index is 0.0124. The van der Waals surface area contributed by atoms with Gasteiger partial charge >= 0.3 is 0 Å². The fourth-order valence-electron chi connectivity index (χ4n) is 2.62. The minimum atomic E-state index is -0.986. The topological polar surface area (TPSA) is 88.5 Å². The number of nitrogens with one attached hydrogen (secondary N) is 3. The molecule has 1 amide bonds. The highest BCUT2D eigenvalue weighted by Gasteiger charge is 2.21. The zero-order valence-electron chi connectivity index (χ0n) is 16.2. The number of nitrogens with zero attached hydrogens (tertiary/aromatic N) is 1. The van der Waals surface area contributed by atoms with Gasteiger partial charge in [-0.3, -0.25) is 4.79 Å². The van der Waals surface area contributed by atoms with Crippen molar-refractivity contribution in [3.63, 3.8) is 0 Å². The molecule has 0 bridgehead atoms. The van der Waals surface area contributed by atoms with Crippen LogP contribution in [0.3, 0.4) is 0 Å². The first-order valence-corrected chi connectivity index (χ1v) is 9.25. The number of carbonyl (C=O) groups is 1. The third kappa shape index (κ3) is 7.60. The van der Waals surface area contributed by atoms with Crippen LogP contribution in [0.15, 0.2) is 12.1 Å². The predicted octanol–water partition coefficient (Wildman–Crippen LogP) is 2.05. The molecule has 4 N–H and O–H groups in total. The number of benzene rings is 1. The number of amides is 1. The molecule has 0 aromatic heterocycles. The van der Waals surface area contributed by atoms with E-state index < -0.39 is 17.7 Å². The Morgan fingerprint density at radius 1 is 1.30 bits per heavy atom. The van der Waals surface area contributed by atoms with Crippen LogP contribution in [-0.4, -0.2) is 55.6 Å². The van der Waals surface area contributed by atoms with Crippen molar-refractivity contribution in [3.05, 3.63) is 29.3 Å². The SMILES string of the molecule is CC(=O)NCC(O)CC(=N)c1cc(F)c(N2CCNCC2)c(F)c1.CCC. The largest absolute Gasteiger partial charge is 0.391 e. The molecule has 1 heterocycles. The molecule has 1 fully saturated rings. The molecule has 1 saturated heterocycles. The number of hydrogen-bond donors (Lipinski definition) is 4. The zero-order chi connectivity index (χ0) is 20.4. The summed E-state index contributed by atoms with van der Waals surface area (Å²) in [7, 11) is 0. The summed E-state index contributed by atoms with van der Waals surface area (Å²) < 4.78 is 28.7. The average molecular weight is 384 g/mol. The molecular formula is C19H30F2N4O2. The van der Waals surface area contributed by atoms with E-state index in [9.17, 15) is 18.7 Å². The van der Waals surface area contributed by atoms with Gasteiger partial charge in [0.05, 0.1) is 6.10 Å². The van der Waals surface area contributed by atoms with Crippen molar-refractivity contribution in [2.45, 2.75) is 39.7 Å². The number of piperazine rings is 1. The summed E-state index contributed by atoms with van der Waals surface area (Å²) in [5, 5.41) is 23.2. The third-order valence-electron chi connectivity index (χ3n) is 3.82. The molecule has 27 heavy (non-hydrogen) atoms. The first-order chi connectivity index (χ1) is 12.8. The summed E-state index contributed by atoms with van der Waals surface area (Å²) in [5.74, 6) is -1.72. The lowest BCUT2D eigenvalue weighted by Gasteiger charge is -2.30. The molecule has 152 valence electrons. The standard InChI is InChI=1S/C16H22F2N4O2.C3H8/c1-10(23)21-9-12(24)8-15(19)11-6-13(17)16(14(18)7-11)22-4-2-20-3-5-22;1-3-2/h6-7,12,19-20,24H,2-5,8-9H2,1H3,(H,21,23);3H2,1-2H3. The maximum Gasteiger partial charge on any atom is 0.216 e. The van der Waals surface area contributed by atoms with E-state index in [1.54, 1.807) is 4.90 Å². The van der Waals surface area contributed by atoms with Gasteiger partial charge in [-0.1, -0.05) is 20.3 Å². The fourth-order valence-corrected chi connectivity index (χ4v) is 2.62. The highest BCUT2D eigenvalue weighted by Crippen LogP contribution is 2.26. The maximum absolute atomic E-state index is 14.3. The van der Waals surface area contributed by atoms with Gasteiger partial charge in [-0.2, -0.15) is 0 Å². The van der Waals surface area contributed by atoms with Crippen molar-refractivity contribution < 1.29 is 18.7 Å². The van der Waals surface area contributed by atoms with Crippen LogP contribution in [0.4, 0.5) is 14.5 Å². The van der Waals surface area contributed by atoms with E-state index >= 15 is 0 Å². The van der Waals surface area contributed by atoms with Gasteiger partial charge in [-0.25, -0.2) is 8.78 Å². The number of hydrogen-bond acceptors (Lipinski definition) is 5. The molecule has 8 heteroatoms. The maximum atomic E-state index is 14.3. The predicted molar refractivity (Wildman–Crippen MR) is 104 cm³/mol. The van der Waals surface area contributed by atoms with Crippen molar-refractivity contribution in [1.29, 1.82) is 5.41 Å². The number of rotatable bonds is 6. The van der Waals surface area contributed by atoms with E-state index in [1.807, 2.05) is 0 Å². The Morgan fingerprint density at radius 3 is 2.30 bits per heavy atom. The van der Waals surface area contributed by atoms with Crippen LogP contribution in [-0.2, 0) is 4.79 Å². The Hall–Kier alpha value is -2.06. The van der Waals surface area contributed by atoms with E-state index in [0.717, 1.165) is 12.1 Å². The van der Waals surface area contributed by atoms with Crippen LogP contribution in [0.25, 0.3) is 0 Å². The Morgan fingerprint density at radius 2 is 1.81 bits per heavy atom. The van der Waals surface area contributed by atoms with Crippen LogP contribution < -0.4 is 15.5 Å². The van der Waals surface area contributed by atoms with E-state index in [0.29, 0.717) is 26.2 Å². The summed E-state index contributed by atoms with van der Waals surface area (Å²) in [6.45, 7) is 7.90. The first-order valence-electron chi connectivity index (χ1n) is 9.25. The Kier molecular flexibility index (Phi) is 9.88. The molecule has 0 saturated carbocycles. The van der Waals surface area contributed by atoms with Crippen LogP contribution in [0.2, 0.25) is 0 Å². The Balaban J connectivity index is 0.00000114. The van der Waals surface area contributed by atoms with Crippen LogP contribution in [0.1, 0.15) is 39.2 Å². The van der Waals surface area contributed by atoms with Gasteiger partial charge in [-0.15, -0.1) is 0 Å². The number of aliphatic hydroxyl groups excluding tert-OH is 1. The number of anilines is 1. The normalized spacial score (nSPS) is 14.8. The van der Waals surface area contributed by atoms with Crippen molar-refractivity contribution in [2.75, 3.05) is 37.6 Å². The van der Waals surface area contributed by atoms with E-state index in [1.165, 1.54) is 13.3 Å². The lowest BCUT2D eigenvalue weighted by Crippen LogP contribution is -2.44. The molecule has 0 spiro atoms. The molecule has 2 rings (SSSR count). The highest BCUT2D eigenvalue weighted by molar-refractivity contribution is 5.98. The molecule has 1 aromatic carbocycles. The second kappa shape index (κ2) is 11.6. The van der Waals surface area contributed by atoms with Gasteiger partial charge < -0.3 is 26.0 Å². The second-order valence-electron chi connectivity index (χ2n) is 6.51. The molecule has 1 unspecified atom stereocenters. The molecule has 0 aliphatic carbocycles. The molecule has 6 nitrogen and oxygen atoms in total. The summed E-state index contributed by atoms with van der Waals surface area (Å²) in [6, 6.07) is 2.24. The lowest BCUT2D eigenvalue weighted by atomic mass is 10.0. The van der Waals surface area contributed by atoms with Gasteiger partial charge in [0.15, 0.2) is 0 Å². The van der Waals surface area contributed by atoms with Crippen molar-refractivity contribution in [1.82, 2.24) is 10.6 Å². The Labute approximate surface area is 159 Å². The number of aliphatic hydroxyl groups is 1. The van der Waals surface area contributed by atoms with Gasteiger partial charge in [0.25, 0.3) is 0 Å².